The van der Waals surface area contributed by atoms with E-state index in [0.717, 1.165) is 25.1 Å². The molecule has 0 radical (unpaired) electrons. The van der Waals surface area contributed by atoms with Crippen molar-refractivity contribution in [2.75, 3.05) is 20.1 Å². The van der Waals surface area contributed by atoms with Gasteiger partial charge in [0.25, 0.3) is 5.69 Å². The third-order valence-electron chi connectivity index (χ3n) is 4.93. The Balaban J connectivity index is 1.58. The standard InChI is InChI=1S/C20H24N2O2/c1-21(13-12-16-6-4-10-19(14-16)22(23)24)15-18-9-5-8-17-7-2-3-11-20(17)18/h2-4,6-7,10-11,14,18H,5,8-9,12-13,15H2,1H3. The summed E-state index contributed by atoms with van der Waals surface area (Å²) < 4.78 is 0. The molecular formula is C20H24N2O2. The molecule has 0 heterocycles. The zero-order valence-corrected chi connectivity index (χ0v) is 14.1. The van der Waals surface area contributed by atoms with Gasteiger partial charge in [0.05, 0.1) is 4.92 Å². The first-order valence-corrected chi connectivity index (χ1v) is 8.63. The van der Waals surface area contributed by atoms with Gasteiger partial charge in [-0.1, -0.05) is 36.4 Å². The molecule has 4 heteroatoms. The molecule has 24 heavy (non-hydrogen) atoms. The zero-order chi connectivity index (χ0) is 16.9. The molecular weight excluding hydrogens is 300 g/mol. The van der Waals surface area contributed by atoms with E-state index in [0.29, 0.717) is 5.92 Å². The number of hydrogen-bond acceptors (Lipinski definition) is 3. The first kappa shape index (κ1) is 16.7. The van der Waals surface area contributed by atoms with E-state index in [-0.39, 0.29) is 10.6 Å². The largest absolute Gasteiger partial charge is 0.305 e. The molecule has 3 rings (SSSR count). The van der Waals surface area contributed by atoms with Gasteiger partial charge in [-0.25, -0.2) is 0 Å². The summed E-state index contributed by atoms with van der Waals surface area (Å²) in [6, 6.07) is 15.8. The number of nitro groups is 1. The summed E-state index contributed by atoms with van der Waals surface area (Å²) in [5.74, 6) is 0.602. The van der Waals surface area contributed by atoms with Gasteiger partial charge < -0.3 is 4.90 Å². The van der Waals surface area contributed by atoms with Gasteiger partial charge in [-0.15, -0.1) is 0 Å². The highest BCUT2D eigenvalue weighted by Gasteiger charge is 2.20. The van der Waals surface area contributed by atoms with Crippen molar-refractivity contribution in [3.8, 4) is 0 Å². The number of rotatable bonds is 6. The molecule has 2 aromatic rings. The minimum atomic E-state index is -0.327. The average molecular weight is 324 g/mol. The number of nitro benzene ring substituents is 1. The highest BCUT2D eigenvalue weighted by molar-refractivity contribution is 5.34. The van der Waals surface area contributed by atoms with Crippen LogP contribution in [0.4, 0.5) is 5.69 Å². The molecule has 1 aliphatic carbocycles. The minimum Gasteiger partial charge on any atom is -0.305 e. The highest BCUT2D eigenvalue weighted by Crippen LogP contribution is 2.31. The Morgan fingerprint density at radius 1 is 1.21 bits per heavy atom. The molecule has 1 aliphatic rings. The van der Waals surface area contributed by atoms with E-state index in [1.165, 1.54) is 30.4 Å². The smallest absolute Gasteiger partial charge is 0.269 e. The fourth-order valence-electron chi connectivity index (χ4n) is 3.66. The maximum absolute atomic E-state index is 10.9. The van der Waals surface area contributed by atoms with E-state index in [9.17, 15) is 10.1 Å². The molecule has 2 aromatic carbocycles. The lowest BCUT2D eigenvalue weighted by Crippen LogP contribution is -2.28. The van der Waals surface area contributed by atoms with Crippen LogP contribution in [0, 0.1) is 10.1 Å². The van der Waals surface area contributed by atoms with E-state index in [4.69, 9.17) is 0 Å². The van der Waals surface area contributed by atoms with Crippen molar-refractivity contribution in [3.63, 3.8) is 0 Å². The highest BCUT2D eigenvalue weighted by atomic mass is 16.6. The molecule has 0 spiro atoms. The number of non-ortho nitro benzene ring substituents is 1. The van der Waals surface area contributed by atoms with Crippen molar-refractivity contribution < 1.29 is 4.92 Å². The summed E-state index contributed by atoms with van der Waals surface area (Å²) in [5, 5.41) is 10.9. The molecule has 1 atom stereocenters. The Morgan fingerprint density at radius 3 is 2.88 bits per heavy atom. The summed E-state index contributed by atoms with van der Waals surface area (Å²) in [7, 11) is 2.15. The lowest BCUT2D eigenvalue weighted by Gasteiger charge is -2.29. The fraction of sp³-hybridized carbons (Fsp3) is 0.400. The molecule has 0 saturated carbocycles. The second-order valence-corrected chi connectivity index (χ2v) is 6.73. The Labute approximate surface area is 143 Å². The van der Waals surface area contributed by atoms with Crippen LogP contribution < -0.4 is 0 Å². The molecule has 0 aromatic heterocycles. The summed E-state index contributed by atoms with van der Waals surface area (Å²) in [5.41, 5.74) is 4.21. The minimum absolute atomic E-state index is 0.177. The number of fused-ring (bicyclic) bond motifs is 1. The molecule has 0 aliphatic heterocycles. The SMILES string of the molecule is CN(CCc1cccc([N+](=O)[O-])c1)CC1CCCc2ccccc21. The van der Waals surface area contributed by atoms with Crippen molar-refractivity contribution in [1.29, 1.82) is 0 Å². The first-order chi connectivity index (χ1) is 11.6. The van der Waals surface area contributed by atoms with Crippen LogP contribution in [0.25, 0.3) is 0 Å². The van der Waals surface area contributed by atoms with Crippen molar-refractivity contribution in [2.45, 2.75) is 31.6 Å². The summed E-state index contributed by atoms with van der Waals surface area (Å²) >= 11 is 0. The summed E-state index contributed by atoms with van der Waals surface area (Å²) in [4.78, 5) is 12.9. The molecule has 0 fully saturated rings. The van der Waals surface area contributed by atoms with Crippen LogP contribution in [0.5, 0.6) is 0 Å². The number of nitrogens with zero attached hydrogens (tertiary/aromatic N) is 2. The third kappa shape index (κ3) is 4.01. The maximum Gasteiger partial charge on any atom is 0.269 e. The van der Waals surface area contributed by atoms with Crippen LogP contribution in [-0.2, 0) is 12.8 Å². The number of aryl methyl sites for hydroxylation is 1. The van der Waals surface area contributed by atoms with Gasteiger partial charge in [-0.3, -0.25) is 10.1 Å². The van der Waals surface area contributed by atoms with Gasteiger partial charge in [0.2, 0.25) is 0 Å². The number of benzene rings is 2. The molecule has 0 amide bonds. The number of likely N-dealkylation sites (N-methyl/N-ethyl adjacent to an activating group) is 1. The van der Waals surface area contributed by atoms with E-state index in [2.05, 4.69) is 36.2 Å². The Hall–Kier alpha value is -2.20. The van der Waals surface area contributed by atoms with Gasteiger partial charge in [-0.2, -0.15) is 0 Å². The third-order valence-corrected chi connectivity index (χ3v) is 4.93. The Bertz CT molecular complexity index is 714. The molecule has 126 valence electrons. The second kappa shape index (κ2) is 7.58. The topological polar surface area (TPSA) is 46.4 Å². The van der Waals surface area contributed by atoms with E-state index < -0.39 is 0 Å². The van der Waals surface area contributed by atoms with Crippen LogP contribution in [0.2, 0.25) is 0 Å². The summed E-state index contributed by atoms with van der Waals surface area (Å²) in [6.07, 6.45) is 4.55. The van der Waals surface area contributed by atoms with Crippen molar-refractivity contribution >= 4 is 5.69 Å². The predicted octanol–water partition coefficient (Wildman–Crippen LogP) is 4.19. The second-order valence-electron chi connectivity index (χ2n) is 6.73. The Kier molecular flexibility index (Phi) is 5.26. The maximum atomic E-state index is 10.9. The van der Waals surface area contributed by atoms with E-state index >= 15 is 0 Å². The van der Waals surface area contributed by atoms with E-state index in [1.807, 2.05) is 6.07 Å². The molecule has 0 bridgehead atoms. The number of hydrogen-bond donors (Lipinski definition) is 0. The molecule has 4 nitrogen and oxygen atoms in total. The molecule has 0 N–H and O–H groups in total. The monoisotopic (exact) mass is 324 g/mol. The predicted molar refractivity (Wildman–Crippen MR) is 96.4 cm³/mol. The van der Waals surface area contributed by atoms with Crippen molar-refractivity contribution in [2.24, 2.45) is 0 Å². The summed E-state index contributed by atoms with van der Waals surface area (Å²) in [6.45, 7) is 1.96. The van der Waals surface area contributed by atoms with Crippen LogP contribution in [-0.4, -0.2) is 30.0 Å². The quantitative estimate of drug-likeness (QED) is 0.591. The van der Waals surface area contributed by atoms with Gasteiger partial charge in [0.1, 0.15) is 0 Å². The van der Waals surface area contributed by atoms with Gasteiger partial charge in [0, 0.05) is 25.2 Å². The van der Waals surface area contributed by atoms with Crippen LogP contribution in [0.1, 0.15) is 35.4 Å². The van der Waals surface area contributed by atoms with E-state index in [1.54, 1.807) is 18.2 Å². The zero-order valence-electron chi connectivity index (χ0n) is 14.1. The average Bonchev–Trinajstić information content (AvgIpc) is 2.60. The molecule has 1 unspecified atom stereocenters. The van der Waals surface area contributed by atoms with Gasteiger partial charge in [0.15, 0.2) is 0 Å². The fourth-order valence-corrected chi connectivity index (χ4v) is 3.66. The first-order valence-electron chi connectivity index (χ1n) is 8.63. The van der Waals surface area contributed by atoms with Gasteiger partial charge >= 0.3 is 0 Å². The normalized spacial score (nSPS) is 16.8. The van der Waals surface area contributed by atoms with Crippen LogP contribution >= 0.6 is 0 Å². The van der Waals surface area contributed by atoms with Crippen molar-refractivity contribution in [3.05, 3.63) is 75.3 Å². The molecule has 0 saturated heterocycles. The Morgan fingerprint density at radius 2 is 2.04 bits per heavy atom. The lowest BCUT2D eigenvalue weighted by molar-refractivity contribution is -0.384. The van der Waals surface area contributed by atoms with Crippen LogP contribution in [0.3, 0.4) is 0 Å². The van der Waals surface area contributed by atoms with Gasteiger partial charge in [-0.05, 0) is 55.3 Å². The van der Waals surface area contributed by atoms with Crippen LogP contribution in [0.15, 0.2) is 48.5 Å². The van der Waals surface area contributed by atoms with Crippen molar-refractivity contribution in [1.82, 2.24) is 4.90 Å². The lowest BCUT2D eigenvalue weighted by atomic mass is 9.82.